The van der Waals surface area contributed by atoms with Crippen molar-refractivity contribution in [3.63, 3.8) is 0 Å². The maximum atomic E-state index is 15.2. The van der Waals surface area contributed by atoms with Crippen molar-refractivity contribution in [2.75, 3.05) is 68.8 Å². The molecule has 1 unspecified atom stereocenters. The molecule has 0 saturated carbocycles. The number of carbonyl (C=O) groups is 6. The number of nitrogens with two attached hydrogens (primary N) is 2. The SMILES string of the molecule is Cc1ncsc1-c1ccc([C@H](C)NC(=O)[C@@H]2C[C@@H](OP(=O)(OC(C)(C)C)OC(C)(C)C)CN2C(=O)[C@@H](c2cc(OCCN3CCC(N4CCN5c6cc(-c7ccccc7O)nnc6N(C(=O)OC(NC(=O)[C@H](CCCNC(N)=O)NC(=O)[C@@H](N)C(C)C)c6ccccc6)[C@@H](C)[C@@H]5C4)CC3)no2)C(C)C)cc1. The molecule has 4 aliphatic heterocycles. The number of hydrogen-bond acceptors (Lipinski definition) is 23. The van der Waals surface area contributed by atoms with Crippen molar-refractivity contribution in [1.82, 2.24) is 56.3 Å². The number of piperidine rings is 1. The number of hydrogen-bond donors (Lipinski definition) is 7. The van der Waals surface area contributed by atoms with Gasteiger partial charge < -0.3 is 61.6 Å². The number of likely N-dealkylation sites (tertiary alicyclic amines) is 2. The van der Waals surface area contributed by atoms with Crippen LogP contribution in [-0.2, 0) is 42.1 Å². The Labute approximate surface area is 624 Å². The molecule has 106 heavy (non-hydrogen) atoms. The lowest BCUT2D eigenvalue weighted by Gasteiger charge is -2.53. The number of phosphoric ester groups is 1. The highest BCUT2D eigenvalue weighted by molar-refractivity contribution is 7.48. The van der Waals surface area contributed by atoms with Crippen LogP contribution in [0.1, 0.15) is 156 Å². The Morgan fingerprint density at radius 3 is 2.14 bits per heavy atom. The third-order valence-corrected chi connectivity index (χ3v) is 22.5. The molecule has 3 aromatic heterocycles. The molecular weight excluding hydrogens is 1400 g/mol. The smallest absolute Gasteiger partial charge is 0.476 e. The largest absolute Gasteiger partial charge is 0.507 e. The van der Waals surface area contributed by atoms with E-state index >= 15 is 9.59 Å². The number of primary amides is 1. The number of phenolic OH excluding ortho intramolecular Hbond substituents is 1. The fourth-order valence-corrected chi connectivity index (χ4v) is 16.8. The zero-order valence-electron chi connectivity index (χ0n) is 62.9. The third kappa shape index (κ3) is 20.1. The molecule has 4 aliphatic rings. The first-order valence-corrected chi connectivity index (χ1v) is 38.8. The molecular formula is C75H104N15O14PS. The van der Waals surface area contributed by atoms with Gasteiger partial charge in [-0.25, -0.2) is 19.1 Å². The van der Waals surface area contributed by atoms with E-state index in [0.29, 0.717) is 48.7 Å². The minimum absolute atomic E-state index is 0.000865. The summed E-state index contributed by atoms with van der Waals surface area (Å²) in [5.74, 6) is -2.83. The van der Waals surface area contributed by atoms with Gasteiger partial charge >= 0.3 is 19.9 Å². The molecule has 574 valence electrons. The maximum absolute atomic E-state index is 15.2. The van der Waals surface area contributed by atoms with Crippen LogP contribution in [0.4, 0.5) is 21.1 Å². The van der Waals surface area contributed by atoms with Gasteiger partial charge in [-0.1, -0.05) is 94.4 Å². The Morgan fingerprint density at radius 2 is 1.50 bits per heavy atom. The number of para-hydroxylation sites is 1. The summed E-state index contributed by atoms with van der Waals surface area (Å²) in [5, 5.41) is 35.8. The number of benzene rings is 3. The second-order valence-corrected chi connectivity index (χ2v) is 32.7. The Hall–Kier alpha value is -8.61. The Morgan fingerprint density at radius 1 is 0.811 bits per heavy atom. The fourth-order valence-electron chi connectivity index (χ4n) is 14.0. The van der Waals surface area contributed by atoms with Crippen LogP contribution >= 0.6 is 19.2 Å². The topological polar surface area (TPSA) is 367 Å². The molecule has 0 spiro atoms. The lowest BCUT2D eigenvalue weighted by Crippen LogP contribution is -2.66. The third-order valence-electron chi connectivity index (χ3n) is 19.5. The Bertz CT molecular complexity index is 4050. The van der Waals surface area contributed by atoms with Gasteiger partial charge in [0.1, 0.15) is 30.4 Å². The number of aromatic hydroxyl groups is 1. The summed E-state index contributed by atoms with van der Waals surface area (Å²) in [6.07, 6.45) is -1.07. The lowest BCUT2D eigenvalue weighted by molar-refractivity contribution is -0.141. The standard InChI is InChI=1S/C75H104N15O14PS/c1-44(2)63(71(95)89-41-53(102-105(98,103-74(8,9)10)104-75(11,12)13)38-58(89)68(93)80-46(5)49-25-27-50(28-26-49)65-47(6)79-43-106-65)61-40-62(85-101-61)99-37-36-86-32-29-52(30-33-86)87-34-35-88-57-39-56(54-22-17-18-24-60(54)91)83-84-66(57)90(48(7)59(88)42-87)73(97)100-70(51-20-15-14-16-21-51)82-67(92)55(23-19-31-78-72(77)96)81-69(94)64(76)45(3)4/h14-18,20-22,24-28,39-40,43-46,48,52-53,55,58-59,63-64,70,91H,19,23,29-38,41-42,76H2,1-13H3,(H,80,93)(H,81,94)(H,82,92)(H3,77,78,96)/t46-,48-,53+,55-,58-,59-,63+,64-,70?/m0/s1. The second-order valence-electron chi connectivity index (χ2n) is 30.4. The van der Waals surface area contributed by atoms with Gasteiger partial charge in [0, 0.05) is 68.9 Å². The number of ether oxygens (including phenoxy) is 2. The number of amides is 7. The van der Waals surface area contributed by atoms with Crippen LogP contribution in [0.3, 0.4) is 0 Å². The quantitative estimate of drug-likeness (QED) is 0.0136. The van der Waals surface area contributed by atoms with E-state index in [0.717, 1.165) is 47.6 Å². The van der Waals surface area contributed by atoms with Crippen LogP contribution in [0.25, 0.3) is 21.7 Å². The molecule has 7 amide bonds. The molecule has 31 heteroatoms. The molecule has 6 aromatic rings. The van der Waals surface area contributed by atoms with Crippen molar-refractivity contribution in [3.8, 4) is 33.3 Å². The summed E-state index contributed by atoms with van der Waals surface area (Å²) in [6, 6.07) is 21.9. The van der Waals surface area contributed by atoms with E-state index in [2.05, 4.69) is 56.3 Å². The first kappa shape index (κ1) is 79.9. The Balaban J connectivity index is 0.797. The molecule has 29 nitrogen and oxygen atoms in total. The van der Waals surface area contributed by atoms with E-state index in [1.807, 2.05) is 70.5 Å². The highest BCUT2D eigenvalue weighted by atomic mass is 32.1. The molecule has 9 N–H and O–H groups in total. The van der Waals surface area contributed by atoms with Gasteiger partial charge in [-0.05, 0) is 147 Å². The maximum Gasteiger partial charge on any atom is 0.476 e. The number of carbonyl (C=O) groups excluding carboxylic acids is 6. The summed E-state index contributed by atoms with van der Waals surface area (Å²) in [6.45, 7) is 27.8. The van der Waals surface area contributed by atoms with Gasteiger partial charge in [0.25, 0.3) is 5.88 Å². The molecule has 7 heterocycles. The highest BCUT2D eigenvalue weighted by Gasteiger charge is 2.50. The van der Waals surface area contributed by atoms with E-state index in [-0.39, 0.29) is 86.1 Å². The van der Waals surface area contributed by atoms with Crippen molar-refractivity contribution in [2.24, 2.45) is 23.3 Å². The van der Waals surface area contributed by atoms with Crippen molar-refractivity contribution < 1.29 is 66.0 Å². The lowest BCUT2D eigenvalue weighted by atomic mass is 9.91. The van der Waals surface area contributed by atoms with E-state index in [1.54, 1.807) is 127 Å². The summed E-state index contributed by atoms with van der Waals surface area (Å²) in [4.78, 5) is 99.7. The van der Waals surface area contributed by atoms with Crippen LogP contribution in [0, 0.1) is 18.8 Å². The van der Waals surface area contributed by atoms with E-state index in [9.17, 15) is 28.8 Å². The van der Waals surface area contributed by atoms with E-state index in [1.165, 1.54) is 9.80 Å². The highest BCUT2D eigenvalue weighted by Crippen LogP contribution is 2.57. The van der Waals surface area contributed by atoms with Gasteiger partial charge in [0.05, 0.1) is 68.9 Å². The van der Waals surface area contributed by atoms with Gasteiger partial charge in [-0.15, -0.1) is 21.5 Å². The molecule has 0 aliphatic carbocycles. The zero-order chi connectivity index (χ0) is 76.5. The van der Waals surface area contributed by atoms with Crippen LogP contribution in [0.5, 0.6) is 11.6 Å². The predicted molar refractivity (Wildman–Crippen MR) is 401 cm³/mol. The number of rotatable bonds is 28. The number of piperazine rings is 1. The average molecular weight is 1500 g/mol. The molecule has 9 atom stereocenters. The van der Waals surface area contributed by atoms with Crippen LogP contribution in [0.2, 0.25) is 0 Å². The molecule has 3 fully saturated rings. The number of aromatic nitrogens is 4. The first-order valence-electron chi connectivity index (χ1n) is 36.5. The molecule has 3 aromatic carbocycles. The number of phosphoric acid groups is 1. The zero-order valence-corrected chi connectivity index (χ0v) is 64.6. The van der Waals surface area contributed by atoms with Gasteiger partial charge in [0.15, 0.2) is 11.6 Å². The first-order chi connectivity index (χ1) is 50.2. The summed E-state index contributed by atoms with van der Waals surface area (Å²) in [5.41, 5.74) is 16.2. The monoisotopic (exact) mass is 1500 g/mol. The summed E-state index contributed by atoms with van der Waals surface area (Å²) < 4.78 is 51.4. The van der Waals surface area contributed by atoms with Crippen LogP contribution < -0.4 is 47.3 Å². The van der Waals surface area contributed by atoms with Crippen LogP contribution in [0.15, 0.2) is 101 Å². The number of anilines is 2. The van der Waals surface area contributed by atoms with E-state index < -0.39 is 103 Å². The second kappa shape index (κ2) is 34.5. The summed E-state index contributed by atoms with van der Waals surface area (Å²) >= 11 is 1.56. The van der Waals surface area contributed by atoms with Crippen molar-refractivity contribution in [3.05, 3.63) is 119 Å². The molecule has 10 rings (SSSR count). The normalized spacial score (nSPS) is 19.7. The molecule has 3 saturated heterocycles. The van der Waals surface area contributed by atoms with Crippen molar-refractivity contribution in [2.45, 2.75) is 194 Å². The predicted octanol–water partition coefficient (Wildman–Crippen LogP) is 9.72. The number of phenols is 1. The van der Waals surface area contributed by atoms with Crippen LogP contribution in [-0.4, -0.2) is 188 Å². The average Bonchev–Trinajstić information content (AvgIpc) is 0.923. The number of fused-ring (bicyclic) bond motifs is 3. The van der Waals surface area contributed by atoms with Gasteiger partial charge in [0.2, 0.25) is 29.9 Å². The van der Waals surface area contributed by atoms with Gasteiger partial charge in [-0.2, -0.15) is 0 Å². The fraction of sp³-hybridized carbons (Fsp3) is 0.547. The summed E-state index contributed by atoms with van der Waals surface area (Å²) in [7, 11) is -4.29. The minimum atomic E-state index is -4.29. The molecule has 0 radical (unpaired) electrons. The molecule has 0 bridgehead atoms. The van der Waals surface area contributed by atoms with Crippen molar-refractivity contribution >= 4 is 66.4 Å². The number of aryl methyl sites for hydroxylation is 1. The Kier molecular flexibility index (Phi) is 26.0. The number of urea groups is 1. The van der Waals surface area contributed by atoms with E-state index in [4.69, 9.17) is 39.0 Å². The number of nitrogens with zero attached hydrogens (tertiary/aromatic N) is 9. The minimum Gasteiger partial charge on any atom is -0.507 e. The number of nitrogens with one attached hydrogen (secondary N) is 4. The van der Waals surface area contributed by atoms with Gasteiger partial charge in [-0.3, -0.25) is 47.4 Å². The number of thiazole rings is 1. The van der Waals surface area contributed by atoms with Crippen molar-refractivity contribution in [1.29, 1.82) is 0 Å².